The van der Waals surface area contributed by atoms with E-state index in [4.69, 9.17) is 4.74 Å². The highest BCUT2D eigenvalue weighted by molar-refractivity contribution is 5.97. The van der Waals surface area contributed by atoms with Gasteiger partial charge in [-0.25, -0.2) is 0 Å². The lowest BCUT2D eigenvalue weighted by Crippen LogP contribution is -2.27. The highest BCUT2D eigenvalue weighted by atomic mass is 16.5. The zero-order valence-corrected chi connectivity index (χ0v) is 16.1. The summed E-state index contributed by atoms with van der Waals surface area (Å²) in [5.74, 6) is 0.494. The van der Waals surface area contributed by atoms with Crippen molar-refractivity contribution in [2.75, 3.05) is 0 Å². The molecule has 0 saturated heterocycles. The molecular formula is C22H29NO2. The minimum atomic E-state index is -0.122. The van der Waals surface area contributed by atoms with E-state index in [1.807, 2.05) is 39.0 Å². The maximum Gasteiger partial charge on any atom is 0.255 e. The molecule has 0 aliphatic rings. The summed E-state index contributed by atoms with van der Waals surface area (Å²) in [5, 5.41) is 3.07. The van der Waals surface area contributed by atoms with Crippen LogP contribution in [0.4, 0.5) is 0 Å². The zero-order chi connectivity index (χ0) is 18.6. The number of ether oxygens (including phenoxy) is 1. The minimum absolute atomic E-state index is 0.0244. The Labute approximate surface area is 151 Å². The number of hydrogen-bond acceptors (Lipinski definition) is 2. The number of hydrogen-bond donors (Lipinski definition) is 1. The maximum absolute atomic E-state index is 12.7. The van der Waals surface area contributed by atoms with E-state index in [1.165, 1.54) is 5.56 Å². The Morgan fingerprint density at radius 1 is 0.960 bits per heavy atom. The highest BCUT2D eigenvalue weighted by Gasteiger charge is 2.17. The number of amides is 1. The van der Waals surface area contributed by atoms with Crippen molar-refractivity contribution >= 4 is 5.91 Å². The molecule has 0 saturated carbocycles. The van der Waals surface area contributed by atoms with E-state index >= 15 is 0 Å². The third-order valence-corrected chi connectivity index (χ3v) is 4.12. The topological polar surface area (TPSA) is 38.3 Å². The summed E-state index contributed by atoms with van der Waals surface area (Å²) >= 11 is 0. The summed E-state index contributed by atoms with van der Waals surface area (Å²) in [4.78, 5) is 12.7. The van der Waals surface area contributed by atoms with Crippen LogP contribution in [0.1, 0.15) is 69.1 Å². The van der Waals surface area contributed by atoms with Crippen LogP contribution in [0.2, 0.25) is 0 Å². The molecule has 0 heterocycles. The summed E-state index contributed by atoms with van der Waals surface area (Å²) in [6.45, 7) is 12.5. The molecule has 0 spiro atoms. The van der Waals surface area contributed by atoms with Crippen molar-refractivity contribution in [1.82, 2.24) is 5.32 Å². The lowest BCUT2D eigenvalue weighted by molar-refractivity contribution is 0.0934. The second kappa shape index (κ2) is 7.73. The molecule has 2 rings (SSSR count). The van der Waals surface area contributed by atoms with Crippen LogP contribution in [-0.4, -0.2) is 12.0 Å². The van der Waals surface area contributed by atoms with Gasteiger partial charge in [0, 0.05) is 0 Å². The molecule has 0 aliphatic carbocycles. The molecular weight excluding hydrogens is 310 g/mol. The van der Waals surface area contributed by atoms with Crippen molar-refractivity contribution in [1.29, 1.82) is 0 Å². The predicted molar refractivity (Wildman–Crippen MR) is 103 cm³/mol. The quantitative estimate of drug-likeness (QED) is 0.806. The smallest absolute Gasteiger partial charge is 0.255 e. The third-order valence-electron chi connectivity index (χ3n) is 4.12. The second-order valence-corrected chi connectivity index (χ2v) is 7.73. The van der Waals surface area contributed by atoms with Crippen molar-refractivity contribution in [2.24, 2.45) is 0 Å². The molecule has 2 aromatic carbocycles. The van der Waals surface area contributed by atoms with Crippen LogP contribution < -0.4 is 10.1 Å². The van der Waals surface area contributed by atoms with E-state index in [9.17, 15) is 4.79 Å². The van der Waals surface area contributed by atoms with Crippen molar-refractivity contribution in [3.05, 3.63) is 65.2 Å². The summed E-state index contributed by atoms with van der Waals surface area (Å²) in [6, 6.07) is 15.7. The lowest BCUT2D eigenvalue weighted by Gasteiger charge is -2.21. The van der Waals surface area contributed by atoms with E-state index in [0.717, 1.165) is 5.56 Å². The van der Waals surface area contributed by atoms with E-state index < -0.39 is 0 Å². The van der Waals surface area contributed by atoms with Crippen LogP contribution in [0.5, 0.6) is 5.75 Å². The van der Waals surface area contributed by atoms with Gasteiger partial charge in [-0.15, -0.1) is 0 Å². The monoisotopic (exact) mass is 339 g/mol. The fraction of sp³-hybridized carbons (Fsp3) is 0.409. The van der Waals surface area contributed by atoms with Crippen LogP contribution >= 0.6 is 0 Å². The molecule has 1 amide bonds. The van der Waals surface area contributed by atoms with Gasteiger partial charge in [-0.05, 0) is 49.4 Å². The van der Waals surface area contributed by atoms with Crippen molar-refractivity contribution in [3.8, 4) is 5.75 Å². The Morgan fingerprint density at radius 3 is 2.12 bits per heavy atom. The number of rotatable bonds is 5. The first-order valence-electron chi connectivity index (χ1n) is 8.85. The molecule has 1 N–H and O–H groups in total. The van der Waals surface area contributed by atoms with E-state index in [1.54, 1.807) is 6.07 Å². The summed E-state index contributed by atoms with van der Waals surface area (Å²) in [6.07, 6.45) is 0.0244. The first-order chi connectivity index (χ1) is 11.7. The molecule has 134 valence electrons. The van der Waals surface area contributed by atoms with Gasteiger partial charge in [0.2, 0.25) is 0 Å². The molecule has 3 heteroatoms. The van der Waals surface area contributed by atoms with Gasteiger partial charge in [0.25, 0.3) is 5.91 Å². The predicted octanol–water partition coefficient (Wildman–Crippen LogP) is 5.26. The first-order valence-corrected chi connectivity index (χ1v) is 8.85. The Bertz CT molecular complexity index is 712. The van der Waals surface area contributed by atoms with Gasteiger partial charge in [-0.3, -0.25) is 4.79 Å². The van der Waals surface area contributed by atoms with Crippen molar-refractivity contribution in [3.63, 3.8) is 0 Å². The molecule has 0 aliphatic heterocycles. The maximum atomic E-state index is 12.7. The van der Waals surface area contributed by atoms with Gasteiger partial charge in [0.05, 0.1) is 17.7 Å². The van der Waals surface area contributed by atoms with Crippen LogP contribution in [0.3, 0.4) is 0 Å². The average Bonchev–Trinajstić information content (AvgIpc) is 2.54. The summed E-state index contributed by atoms with van der Waals surface area (Å²) in [5.41, 5.74) is 3.06. The van der Waals surface area contributed by atoms with Gasteiger partial charge in [-0.1, -0.05) is 57.2 Å². The lowest BCUT2D eigenvalue weighted by atomic mass is 9.86. The van der Waals surface area contributed by atoms with Crippen LogP contribution in [0.25, 0.3) is 0 Å². The summed E-state index contributed by atoms with van der Waals surface area (Å²) < 4.78 is 5.75. The molecule has 0 aromatic heterocycles. The van der Waals surface area contributed by atoms with E-state index in [0.29, 0.717) is 11.3 Å². The Hall–Kier alpha value is -2.29. The highest BCUT2D eigenvalue weighted by Crippen LogP contribution is 2.25. The van der Waals surface area contributed by atoms with Gasteiger partial charge in [-0.2, -0.15) is 0 Å². The van der Waals surface area contributed by atoms with Gasteiger partial charge in [0.15, 0.2) is 0 Å². The van der Waals surface area contributed by atoms with Gasteiger partial charge >= 0.3 is 0 Å². The van der Waals surface area contributed by atoms with Crippen LogP contribution in [0.15, 0.2) is 48.5 Å². The molecule has 3 nitrogen and oxygen atoms in total. The standard InChI is InChI=1S/C22H29NO2/c1-15(2)25-20-10-8-7-9-19(20)21(24)23-16(3)17-11-13-18(14-12-17)22(4,5)6/h7-16H,1-6H3,(H,23,24)/t16-/m1/s1. The molecule has 1 atom stereocenters. The Balaban J connectivity index is 2.13. The number of benzene rings is 2. The number of carbonyl (C=O) groups is 1. The van der Waals surface area contributed by atoms with Crippen molar-refractivity contribution in [2.45, 2.75) is 59.1 Å². The second-order valence-electron chi connectivity index (χ2n) is 7.73. The molecule has 0 radical (unpaired) electrons. The normalized spacial score (nSPS) is 12.8. The van der Waals surface area contributed by atoms with Gasteiger partial charge < -0.3 is 10.1 Å². The zero-order valence-electron chi connectivity index (χ0n) is 16.1. The van der Waals surface area contributed by atoms with E-state index in [2.05, 4.69) is 50.4 Å². The average molecular weight is 339 g/mol. The van der Waals surface area contributed by atoms with Crippen molar-refractivity contribution < 1.29 is 9.53 Å². The molecule has 0 fully saturated rings. The summed E-state index contributed by atoms with van der Waals surface area (Å²) in [7, 11) is 0. The number of para-hydroxylation sites is 1. The first kappa shape index (κ1) is 19.0. The minimum Gasteiger partial charge on any atom is -0.490 e. The molecule has 0 unspecified atom stereocenters. The third kappa shape index (κ3) is 5.09. The SMILES string of the molecule is CC(C)Oc1ccccc1C(=O)N[C@H](C)c1ccc(C(C)(C)C)cc1. The number of carbonyl (C=O) groups excluding carboxylic acids is 1. The Kier molecular flexibility index (Phi) is 5.89. The van der Waals surface area contributed by atoms with Crippen LogP contribution in [0, 0.1) is 0 Å². The largest absolute Gasteiger partial charge is 0.490 e. The van der Waals surface area contributed by atoms with Gasteiger partial charge in [0.1, 0.15) is 5.75 Å². The van der Waals surface area contributed by atoms with E-state index in [-0.39, 0.29) is 23.5 Å². The fourth-order valence-electron chi connectivity index (χ4n) is 2.64. The Morgan fingerprint density at radius 2 is 1.56 bits per heavy atom. The molecule has 2 aromatic rings. The number of nitrogens with one attached hydrogen (secondary N) is 1. The van der Waals surface area contributed by atoms with Crippen LogP contribution in [-0.2, 0) is 5.41 Å². The molecule has 25 heavy (non-hydrogen) atoms. The molecule has 0 bridgehead atoms. The fourth-order valence-corrected chi connectivity index (χ4v) is 2.64.